The average Bonchev–Trinajstić information content (AvgIpc) is 3.52. The SMILES string of the molecule is CC1=C2C(=C3C(=C4C(=C(C(C)(C)C)c5ccccc54)C3(C(C)C)C(C)C)C2(C(C)C)C(C)C)c2ccccc21. The Morgan fingerprint density at radius 2 is 0.846 bits per heavy atom. The first-order chi connectivity index (χ1) is 18.3. The molecule has 39 heavy (non-hydrogen) atoms. The fourth-order valence-corrected chi connectivity index (χ4v) is 10.00. The van der Waals surface area contributed by atoms with Crippen molar-refractivity contribution in [2.75, 3.05) is 0 Å². The van der Waals surface area contributed by atoms with E-state index in [4.69, 9.17) is 0 Å². The van der Waals surface area contributed by atoms with Gasteiger partial charge in [-0.25, -0.2) is 0 Å². The van der Waals surface area contributed by atoms with Gasteiger partial charge in [-0.2, -0.15) is 0 Å². The van der Waals surface area contributed by atoms with E-state index in [9.17, 15) is 0 Å². The predicted molar refractivity (Wildman–Crippen MR) is 170 cm³/mol. The van der Waals surface area contributed by atoms with E-state index in [2.05, 4.69) is 132 Å². The Balaban J connectivity index is 1.96. The Morgan fingerprint density at radius 3 is 1.28 bits per heavy atom. The van der Waals surface area contributed by atoms with Crippen LogP contribution in [0.25, 0.3) is 22.3 Å². The molecule has 0 aromatic heterocycles. The van der Waals surface area contributed by atoms with Crippen molar-refractivity contribution in [3.63, 3.8) is 0 Å². The maximum atomic E-state index is 2.51. The van der Waals surface area contributed by atoms with Crippen LogP contribution in [-0.4, -0.2) is 0 Å². The maximum Gasteiger partial charge on any atom is 0.0267 e. The molecule has 4 aliphatic rings. The number of rotatable bonds is 4. The lowest BCUT2D eigenvalue weighted by atomic mass is 9.58. The molecule has 0 heterocycles. The summed E-state index contributed by atoms with van der Waals surface area (Å²) in [6.45, 7) is 29.7. The summed E-state index contributed by atoms with van der Waals surface area (Å²) in [5, 5.41) is 0. The molecule has 0 N–H and O–H groups in total. The van der Waals surface area contributed by atoms with Gasteiger partial charge >= 0.3 is 0 Å². The molecule has 0 amide bonds. The molecule has 204 valence electrons. The molecule has 4 aliphatic carbocycles. The molecule has 0 nitrogen and oxygen atoms in total. The van der Waals surface area contributed by atoms with Gasteiger partial charge in [0.05, 0.1) is 0 Å². The first kappa shape index (κ1) is 26.6. The van der Waals surface area contributed by atoms with Crippen molar-refractivity contribution in [2.45, 2.75) is 83.1 Å². The van der Waals surface area contributed by atoms with Crippen molar-refractivity contribution in [3.05, 3.63) is 93.1 Å². The summed E-state index contributed by atoms with van der Waals surface area (Å²) >= 11 is 0. The van der Waals surface area contributed by atoms with Gasteiger partial charge in [-0.1, -0.05) is 125 Å². The van der Waals surface area contributed by atoms with E-state index in [0.717, 1.165) is 0 Å². The fraction of sp³-hybridized carbons (Fsp3) is 0.487. The first-order valence-electron chi connectivity index (χ1n) is 15.4. The second kappa shape index (κ2) is 8.22. The van der Waals surface area contributed by atoms with Crippen molar-refractivity contribution < 1.29 is 0 Å². The summed E-state index contributed by atoms with van der Waals surface area (Å²) in [5.74, 6) is 1.90. The smallest absolute Gasteiger partial charge is 0.0267 e. The topological polar surface area (TPSA) is 0 Å². The molecule has 0 fully saturated rings. The van der Waals surface area contributed by atoms with Crippen LogP contribution in [0.2, 0.25) is 0 Å². The normalized spacial score (nSPS) is 20.7. The average molecular weight is 517 g/mol. The van der Waals surface area contributed by atoms with Crippen LogP contribution in [-0.2, 0) is 0 Å². The van der Waals surface area contributed by atoms with Gasteiger partial charge in [-0.05, 0) is 103 Å². The van der Waals surface area contributed by atoms with Crippen molar-refractivity contribution in [3.8, 4) is 0 Å². The Bertz CT molecular complexity index is 1510. The molecule has 0 bridgehead atoms. The lowest BCUT2D eigenvalue weighted by Crippen LogP contribution is -2.37. The molecule has 6 rings (SSSR count). The monoisotopic (exact) mass is 516 g/mol. The predicted octanol–water partition coefficient (Wildman–Crippen LogP) is 11.1. The molecule has 0 aliphatic heterocycles. The van der Waals surface area contributed by atoms with E-state index < -0.39 is 0 Å². The van der Waals surface area contributed by atoms with Gasteiger partial charge in [0.25, 0.3) is 0 Å². The van der Waals surface area contributed by atoms with Gasteiger partial charge in [0.1, 0.15) is 0 Å². The van der Waals surface area contributed by atoms with Crippen LogP contribution < -0.4 is 0 Å². The number of hydrogen-bond acceptors (Lipinski definition) is 0. The number of hydrogen-bond donors (Lipinski definition) is 0. The molecule has 2 aromatic carbocycles. The van der Waals surface area contributed by atoms with Gasteiger partial charge in [0, 0.05) is 10.8 Å². The fourth-order valence-electron chi connectivity index (χ4n) is 10.00. The van der Waals surface area contributed by atoms with E-state index in [1.54, 1.807) is 39.0 Å². The lowest BCUT2D eigenvalue weighted by molar-refractivity contribution is 0.207. The molecule has 0 saturated carbocycles. The van der Waals surface area contributed by atoms with Crippen molar-refractivity contribution in [1.82, 2.24) is 0 Å². The van der Waals surface area contributed by atoms with Crippen LogP contribution in [0.1, 0.15) is 105 Å². The van der Waals surface area contributed by atoms with Gasteiger partial charge < -0.3 is 0 Å². The molecular weight excluding hydrogens is 468 g/mol. The Hall–Kier alpha value is -2.60. The highest BCUT2D eigenvalue weighted by molar-refractivity contribution is 6.16. The van der Waals surface area contributed by atoms with Gasteiger partial charge in [-0.15, -0.1) is 0 Å². The largest absolute Gasteiger partial charge is 0.0616 e. The summed E-state index contributed by atoms with van der Waals surface area (Å²) in [4.78, 5) is 0. The molecule has 0 spiro atoms. The highest BCUT2D eigenvalue weighted by atomic mass is 14.7. The van der Waals surface area contributed by atoms with E-state index in [0.29, 0.717) is 23.7 Å². The van der Waals surface area contributed by atoms with Gasteiger partial charge in [-0.3, -0.25) is 0 Å². The molecule has 2 aromatic rings. The third-order valence-electron chi connectivity index (χ3n) is 11.0. The number of benzene rings is 2. The lowest BCUT2D eigenvalue weighted by Gasteiger charge is -2.45. The van der Waals surface area contributed by atoms with Crippen LogP contribution in [0.4, 0.5) is 0 Å². The molecule has 0 heteroatoms. The molecule has 0 atom stereocenters. The zero-order chi connectivity index (χ0) is 28.4. The van der Waals surface area contributed by atoms with Crippen LogP contribution in [0.3, 0.4) is 0 Å². The molecule has 0 unspecified atom stereocenters. The van der Waals surface area contributed by atoms with Gasteiger partial charge in [0.2, 0.25) is 0 Å². The van der Waals surface area contributed by atoms with Crippen molar-refractivity contribution >= 4 is 22.3 Å². The van der Waals surface area contributed by atoms with E-state index in [-0.39, 0.29) is 16.2 Å². The van der Waals surface area contributed by atoms with Crippen LogP contribution in [0, 0.1) is 39.9 Å². The third-order valence-corrected chi connectivity index (χ3v) is 11.0. The number of fused-ring (bicyclic) bond motifs is 7. The van der Waals surface area contributed by atoms with Gasteiger partial charge in [0.15, 0.2) is 0 Å². The van der Waals surface area contributed by atoms with Crippen LogP contribution >= 0.6 is 0 Å². The first-order valence-corrected chi connectivity index (χ1v) is 15.4. The Morgan fingerprint density at radius 1 is 0.487 bits per heavy atom. The van der Waals surface area contributed by atoms with Crippen molar-refractivity contribution in [1.29, 1.82) is 0 Å². The summed E-state index contributed by atoms with van der Waals surface area (Å²) in [6.07, 6.45) is 0. The minimum atomic E-state index is -0.0455. The van der Waals surface area contributed by atoms with E-state index in [1.807, 2.05) is 0 Å². The van der Waals surface area contributed by atoms with E-state index >= 15 is 0 Å². The quantitative estimate of drug-likeness (QED) is 0.379. The standard InChI is InChI=1S/C39H48/c1-21(2)38(22(3)4)32-25(9)26-17-13-14-18-27(26)30(32)35-36(38)31-28-19-15-16-20-29(28)33(37(10,11)12)34(31)39(35,23(5)6)24(7)8/h13-24H,1-12H3. The van der Waals surface area contributed by atoms with Crippen molar-refractivity contribution in [2.24, 2.45) is 39.9 Å². The number of allylic oxidation sites excluding steroid dienone is 8. The van der Waals surface area contributed by atoms with Crippen LogP contribution in [0.5, 0.6) is 0 Å². The zero-order valence-corrected chi connectivity index (χ0v) is 26.4. The zero-order valence-electron chi connectivity index (χ0n) is 26.4. The summed E-state index contributed by atoms with van der Waals surface area (Å²) in [6, 6.07) is 18.7. The second-order valence-electron chi connectivity index (χ2n) is 14.9. The Labute approximate surface area is 238 Å². The second-order valence-corrected chi connectivity index (χ2v) is 14.9. The summed E-state index contributed by atoms with van der Waals surface area (Å²) in [7, 11) is 0. The Kier molecular flexibility index (Phi) is 5.61. The molecule has 0 saturated heterocycles. The minimum Gasteiger partial charge on any atom is -0.0616 e. The van der Waals surface area contributed by atoms with Crippen LogP contribution in [0.15, 0.2) is 70.8 Å². The third kappa shape index (κ3) is 2.87. The highest BCUT2D eigenvalue weighted by Gasteiger charge is 2.66. The maximum absolute atomic E-state index is 2.51. The highest BCUT2D eigenvalue weighted by Crippen LogP contribution is 2.79. The molecular formula is C39H48. The summed E-state index contributed by atoms with van der Waals surface area (Å²) in [5.41, 5.74) is 18.8. The van der Waals surface area contributed by atoms with E-state index in [1.165, 1.54) is 27.8 Å². The summed E-state index contributed by atoms with van der Waals surface area (Å²) < 4.78 is 0. The minimum absolute atomic E-state index is 0.0275. The molecule has 0 radical (unpaired) electrons.